The molecule has 0 bridgehead atoms. The molecular formula is C34H18F2N4. The maximum atomic E-state index is 13.5. The van der Waals surface area contributed by atoms with E-state index in [0.29, 0.717) is 11.4 Å². The smallest absolute Gasteiger partial charge is 0.206 e. The number of hydrogen-bond acceptors (Lipinski definition) is 4. The Morgan fingerprint density at radius 1 is 0.550 bits per heavy atom. The molecule has 0 spiro atoms. The van der Waals surface area contributed by atoms with Gasteiger partial charge in [-0.1, -0.05) is 60.7 Å². The highest BCUT2D eigenvalue weighted by Gasteiger charge is 2.42. The van der Waals surface area contributed by atoms with E-state index in [0.717, 1.165) is 55.7 Å². The molecule has 0 radical (unpaired) electrons. The second-order valence-corrected chi connectivity index (χ2v) is 9.95. The average molecular weight is 521 g/mol. The Labute approximate surface area is 229 Å². The van der Waals surface area contributed by atoms with Gasteiger partial charge < -0.3 is 0 Å². The highest BCUT2D eigenvalue weighted by atomic mass is 19.1. The summed E-state index contributed by atoms with van der Waals surface area (Å²) >= 11 is 0. The van der Waals surface area contributed by atoms with Crippen molar-refractivity contribution in [2.75, 3.05) is 0 Å². The van der Waals surface area contributed by atoms with Gasteiger partial charge in [-0.05, 0) is 75.4 Å². The summed E-state index contributed by atoms with van der Waals surface area (Å²) in [7, 11) is 0. The maximum absolute atomic E-state index is 13.5. The first-order valence-electron chi connectivity index (χ1n) is 12.7. The third kappa shape index (κ3) is 3.62. The molecule has 2 atom stereocenters. The van der Waals surface area contributed by atoms with Crippen LogP contribution in [0.5, 0.6) is 0 Å². The third-order valence-electron chi connectivity index (χ3n) is 7.88. The molecule has 40 heavy (non-hydrogen) atoms. The lowest BCUT2D eigenvalue weighted by Gasteiger charge is -2.21. The van der Waals surface area contributed by atoms with Crippen LogP contribution < -0.4 is 0 Å². The second-order valence-electron chi connectivity index (χ2n) is 9.95. The van der Waals surface area contributed by atoms with Gasteiger partial charge in [0.1, 0.15) is 11.6 Å². The monoisotopic (exact) mass is 520 g/mol. The molecule has 0 amide bonds. The van der Waals surface area contributed by atoms with Gasteiger partial charge in [-0.25, -0.2) is 8.78 Å². The molecule has 0 saturated heterocycles. The molecular weight excluding hydrogens is 502 g/mol. The molecule has 188 valence electrons. The van der Waals surface area contributed by atoms with Gasteiger partial charge in [-0.15, -0.1) is 0 Å². The number of fused-ring (bicyclic) bond motifs is 6. The summed E-state index contributed by atoms with van der Waals surface area (Å²) in [6.45, 7) is 0. The molecule has 6 heteroatoms. The third-order valence-corrected chi connectivity index (χ3v) is 7.88. The Bertz CT molecular complexity index is 1930. The van der Waals surface area contributed by atoms with E-state index in [1.54, 1.807) is 24.3 Å². The molecule has 4 aromatic carbocycles. The zero-order valence-corrected chi connectivity index (χ0v) is 20.9. The Kier molecular flexibility index (Phi) is 5.37. The molecule has 0 aromatic heterocycles. The summed E-state index contributed by atoms with van der Waals surface area (Å²) in [5, 5.41) is 19.1. The van der Waals surface area contributed by atoms with Crippen LogP contribution in [-0.2, 0) is 0 Å². The number of hydrogen-bond donors (Lipinski definition) is 0. The maximum Gasteiger partial charge on any atom is 0.206 e. The van der Waals surface area contributed by atoms with Crippen molar-refractivity contribution in [2.45, 2.75) is 5.92 Å². The Balaban J connectivity index is 1.35. The SMILES string of the molecule is N#CN=C1C2=CC3c4ccc(-c5ccc(F)cc5)cc4C(=NC#N)C3C=C2c2ccc(-c3ccc(F)cc3)cc21. The van der Waals surface area contributed by atoms with E-state index in [9.17, 15) is 19.3 Å². The van der Waals surface area contributed by atoms with Crippen molar-refractivity contribution in [2.24, 2.45) is 15.9 Å². The second kappa shape index (κ2) is 9.08. The predicted molar refractivity (Wildman–Crippen MR) is 150 cm³/mol. The number of halogens is 2. The van der Waals surface area contributed by atoms with E-state index in [4.69, 9.17) is 0 Å². The molecule has 0 heterocycles. The van der Waals surface area contributed by atoms with Crippen molar-refractivity contribution in [3.8, 4) is 34.6 Å². The van der Waals surface area contributed by atoms with E-state index in [1.807, 2.05) is 48.8 Å². The van der Waals surface area contributed by atoms with Crippen LogP contribution in [0.15, 0.2) is 113 Å². The van der Waals surface area contributed by atoms with E-state index in [1.165, 1.54) is 24.3 Å². The summed E-state index contributed by atoms with van der Waals surface area (Å²) in [4.78, 5) is 8.48. The first kappa shape index (κ1) is 23.6. The summed E-state index contributed by atoms with van der Waals surface area (Å²) in [5.41, 5.74) is 10.4. The lowest BCUT2D eigenvalue weighted by Crippen LogP contribution is -2.16. The van der Waals surface area contributed by atoms with E-state index in [-0.39, 0.29) is 23.5 Å². The first-order chi connectivity index (χ1) is 19.6. The molecule has 4 aromatic rings. The molecule has 3 aliphatic rings. The fourth-order valence-electron chi connectivity index (χ4n) is 6.09. The molecule has 0 N–H and O–H groups in total. The van der Waals surface area contributed by atoms with Gasteiger partial charge in [0, 0.05) is 28.5 Å². The fourth-order valence-corrected chi connectivity index (χ4v) is 6.09. The van der Waals surface area contributed by atoms with E-state index < -0.39 is 0 Å². The largest absolute Gasteiger partial charge is 0.207 e. The molecule has 3 aliphatic carbocycles. The highest BCUT2D eigenvalue weighted by Crippen LogP contribution is 2.51. The summed E-state index contributed by atoms with van der Waals surface area (Å²) in [6, 6.07) is 24.6. The number of aliphatic imine (C=N–C) groups is 2. The van der Waals surface area contributed by atoms with E-state index >= 15 is 0 Å². The predicted octanol–water partition coefficient (Wildman–Crippen LogP) is 7.59. The van der Waals surface area contributed by atoms with Crippen molar-refractivity contribution < 1.29 is 8.78 Å². The van der Waals surface area contributed by atoms with Crippen LogP contribution in [0.4, 0.5) is 8.78 Å². The zero-order valence-electron chi connectivity index (χ0n) is 20.9. The van der Waals surface area contributed by atoms with Gasteiger partial charge >= 0.3 is 0 Å². The normalized spacial score (nSPS) is 20.1. The van der Waals surface area contributed by atoms with Crippen molar-refractivity contribution in [1.29, 1.82) is 10.5 Å². The summed E-state index contributed by atoms with van der Waals surface area (Å²) < 4.78 is 27.0. The van der Waals surface area contributed by atoms with Crippen LogP contribution in [0.25, 0.3) is 27.8 Å². The topological polar surface area (TPSA) is 72.3 Å². The van der Waals surface area contributed by atoms with Crippen LogP contribution in [0.2, 0.25) is 0 Å². The first-order valence-corrected chi connectivity index (χ1v) is 12.7. The minimum absolute atomic E-state index is 0.0853. The van der Waals surface area contributed by atoms with Crippen LogP contribution in [-0.4, -0.2) is 11.4 Å². The molecule has 0 fully saturated rings. The quantitative estimate of drug-likeness (QED) is 0.256. The Morgan fingerprint density at radius 3 is 1.73 bits per heavy atom. The van der Waals surface area contributed by atoms with Crippen LogP contribution in [0.3, 0.4) is 0 Å². The van der Waals surface area contributed by atoms with Crippen LogP contribution >= 0.6 is 0 Å². The van der Waals surface area contributed by atoms with Gasteiger partial charge in [-0.3, -0.25) is 0 Å². The molecule has 0 saturated carbocycles. The number of nitrogens with zero attached hydrogens (tertiary/aromatic N) is 4. The number of allylic oxidation sites excluding steroid dienone is 4. The van der Waals surface area contributed by atoms with Crippen molar-refractivity contribution in [3.05, 3.63) is 137 Å². The van der Waals surface area contributed by atoms with Crippen LogP contribution in [0, 0.1) is 40.5 Å². The lowest BCUT2D eigenvalue weighted by atomic mass is 9.81. The minimum Gasteiger partial charge on any atom is -0.207 e. The van der Waals surface area contributed by atoms with Crippen molar-refractivity contribution in [3.63, 3.8) is 0 Å². The Hall–Kier alpha value is -5.46. The van der Waals surface area contributed by atoms with Gasteiger partial charge in [0.15, 0.2) is 0 Å². The fraction of sp³-hybridized carbons (Fsp3) is 0.0588. The average Bonchev–Trinajstić information content (AvgIpc) is 3.44. The summed E-state index contributed by atoms with van der Waals surface area (Å²) in [5.74, 6) is -0.849. The van der Waals surface area contributed by atoms with Gasteiger partial charge in [-0.2, -0.15) is 20.5 Å². The molecule has 0 aliphatic heterocycles. The van der Waals surface area contributed by atoms with Crippen LogP contribution in [0.1, 0.15) is 28.2 Å². The molecule has 7 rings (SSSR count). The highest BCUT2D eigenvalue weighted by molar-refractivity contribution is 6.31. The summed E-state index contributed by atoms with van der Waals surface area (Å²) in [6.07, 6.45) is 8.21. The van der Waals surface area contributed by atoms with Crippen molar-refractivity contribution >= 4 is 17.0 Å². The standard InChI is InChI=1S/C34H18F2N4/c35-23-7-1-19(2-8-23)21-5-11-25-27-15-32-28(16-31(27)33(39-17-37)29(25)13-21)26-12-6-22(14-30(26)34(32)40-18-38)20-3-9-24(36)10-4-20/h1-16,27,31H. The molecule has 2 unspecified atom stereocenters. The van der Waals surface area contributed by atoms with Gasteiger partial charge in [0.05, 0.1) is 11.4 Å². The molecule has 4 nitrogen and oxygen atoms in total. The Morgan fingerprint density at radius 2 is 1.10 bits per heavy atom. The lowest BCUT2D eigenvalue weighted by molar-refractivity contribution is 0.627. The number of rotatable bonds is 2. The minimum atomic E-state index is -0.301. The zero-order chi connectivity index (χ0) is 27.4. The van der Waals surface area contributed by atoms with Gasteiger partial charge in [0.25, 0.3) is 0 Å². The van der Waals surface area contributed by atoms with Crippen molar-refractivity contribution in [1.82, 2.24) is 0 Å². The number of benzene rings is 4. The van der Waals surface area contributed by atoms with Gasteiger partial charge in [0.2, 0.25) is 12.4 Å². The van der Waals surface area contributed by atoms with E-state index in [2.05, 4.69) is 22.1 Å². The number of nitriles is 2.